The summed E-state index contributed by atoms with van der Waals surface area (Å²) < 4.78 is 0. The lowest BCUT2D eigenvalue weighted by atomic mass is 10.3. The van der Waals surface area contributed by atoms with Crippen LogP contribution in [0.25, 0.3) is 0 Å². The van der Waals surface area contributed by atoms with Crippen LogP contribution in [-0.2, 0) is 4.79 Å². The molecule has 3 heteroatoms. The Kier molecular flexibility index (Phi) is 4.22. The first-order valence-electron chi connectivity index (χ1n) is 2.81. The van der Waals surface area contributed by atoms with E-state index < -0.39 is 5.97 Å². The highest BCUT2D eigenvalue weighted by Gasteiger charge is 1.97. The van der Waals surface area contributed by atoms with Crippen LogP contribution in [0.2, 0.25) is 0 Å². The van der Waals surface area contributed by atoms with Crippen LogP contribution in [-0.4, -0.2) is 11.1 Å². The molecule has 9 heavy (non-hydrogen) atoms. The molecule has 1 N–H and O–H groups in total. The topological polar surface area (TPSA) is 37.3 Å². The van der Waals surface area contributed by atoms with Gasteiger partial charge in [-0.05, 0) is 6.42 Å². The Morgan fingerprint density at radius 2 is 2.33 bits per heavy atom. The van der Waals surface area contributed by atoms with Crippen molar-refractivity contribution in [3.05, 3.63) is 11.0 Å². The first-order valence-corrected chi connectivity index (χ1v) is 3.25. The average Bonchev–Trinajstić information content (AvgIpc) is 1.82. The molecule has 0 atom stereocenters. The minimum absolute atomic E-state index is 0.136. The van der Waals surface area contributed by atoms with Gasteiger partial charge in [-0.15, -0.1) is 12.6 Å². The molecule has 0 aromatic carbocycles. The van der Waals surface area contributed by atoms with Gasteiger partial charge in [0, 0.05) is 0 Å². The molecule has 2 nitrogen and oxygen atoms in total. The Morgan fingerprint density at radius 3 is 2.67 bits per heavy atom. The molecule has 0 aromatic heterocycles. The van der Waals surface area contributed by atoms with Gasteiger partial charge in [-0.1, -0.05) is 19.4 Å². The Hall–Kier alpha value is -0.440. The zero-order valence-electron chi connectivity index (χ0n) is 5.29. The van der Waals surface area contributed by atoms with Crippen LogP contribution in [0.15, 0.2) is 11.0 Å². The lowest BCUT2D eigenvalue weighted by Crippen LogP contribution is -1.92. The summed E-state index contributed by atoms with van der Waals surface area (Å²) >= 11 is 3.72. The molecular weight excluding hydrogens is 136 g/mol. The maximum Gasteiger partial charge on any atom is 0.341 e. The van der Waals surface area contributed by atoms with Crippen molar-refractivity contribution in [1.82, 2.24) is 0 Å². The van der Waals surface area contributed by atoms with E-state index in [9.17, 15) is 4.79 Å². The number of unbranched alkanes of at least 4 members (excludes halogenated alkanes) is 1. The van der Waals surface area contributed by atoms with E-state index in [-0.39, 0.29) is 4.91 Å². The summed E-state index contributed by atoms with van der Waals surface area (Å²) in [6.45, 7) is 1.99. The zero-order chi connectivity index (χ0) is 7.28. The Labute approximate surface area is 60.0 Å². The first kappa shape index (κ1) is 8.56. The fourth-order valence-electron chi connectivity index (χ4n) is 0.368. The van der Waals surface area contributed by atoms with Crippen molar-refractivity contribution in [2.45, 2.75) is 19.8 Å². The van der Waals surface area contributed by atoms with Gasteiger partial charge in [-0.2, -0.15) is 0 Å². The molecule has 0 saturated heterocycles. The van der Waals surface area contributed by atoms with Gasteiger partial charge in [0.05, 0.1) is 4.91 Å². The van der Waals surface area contributed by atoms with E-state index in [2.05, 4.69) is 12.6 Å². The van der Waals surface area contributed by atoms with E-state index in [1.165, 1.54) is 0 Å². The van der Waals surface area contributed by atoms with Crippen LogP contribution in [0.5, 0.6) is 0 Å². The van der Waals surface area contributed by atoms with Gasteiger partial charge in [0.25, 0.3) is 0 Å². The van der Waals surface area contributed by atoms with Gasteiger partial charge in [0.15, 0.2) is 0 Å². The molecule has 0 aromatic rings. The third-order valence-electron chi connectivity index (χ3n) is 0.845. The van der Waals surface area contributed by atoms with E-state index in [0.717, 1.165) is 12.8 Å². The van der Waals surface area contributed by atoms with Crippen LogP contribution < -0.4 is 0 Å². The monoisotopic (exact) mass is 146 g/mol. The van der Waals surface area contributed by atoms with Gasteiger partial charge in [-0.25, -0.2) is 4.79 Å². The molecule has 0 aliphatic rings. The highest BCUT2D eigenvalue weighted by atomic mass is 32.1. The molecule has 0 spiro atoms. The number of hydrogen-bond acceptors (Lipinski definition) is 2. The van der Waals surface area contributed by atoms with Crippen LogP contribution in [0.4, 0.5) is 0 Å². The third kappa shape index (κ3) is 4.09. The molecule has 0 fully saturated rings. The largest absolute Gasteiger partial charge is 0.477 e. The van der Waals surface area contributed by atoms with Crippen LogP contribution in [0, 0.1) is 0 Å². The van der Waals surface area contributed by atoms with Gasteiger partial charge < -0.3 is 5.11 Å². The molecule has 52 valence electrons. The van der Waals surface area contributed by atoms with Crippen LogP contribution >= 0.6 is 12.6 Å². The third-order valence-corrected chi connectivity index (χ3v) is 1.22. The zero-order valence-corrected chi connectivity index (χ0v) is 6.19. The molecule has 0 amide bonds. The fourth-order valence-corrected chi connectivity index (χ4v) is 0.497. The van der Waals surface area contributed by atoms with E-state index in [4.69, 9.17) is 5.11 Å². The summed E-state index contributed by atoms with van der Waals surface area (Å²) in [5, 5.41) is 8.26. The standard InChI is InChI=1S/C6H10O2S/c1-2-3-4-5(9)6(7)8/h4,9H,2-3H2,1H3,(H,7,8). The molecular formula is C6H10O2S. The quantitative estimate of drug-likeness (QED) is 0.469. The van der Waals surface area contributed by atoms with Crippen LogP contribution in [0.1, 0.15) is 19.8 Å². The number of carboxylic acid groups (broad SMARTS) is 1. The Bertz CT molecular complexity index is 129. The SMILES string of the molecule is CCCC=C(S)C(=O)O. The number of hydrogen-bond donors (Lipinski definition) is 2. The maximum atomic E-state index is 10.1. The van der Waals surface area contributed by atoms with Gasteiger partial charge in [0.1, 0.15) is 0 Å². The molecule has 0 saturated carbocycles. The van der Waals surface area contributed by atoms with E-state index in [1.54, 1.807) is 6.08 Å². The van der Waals surface area contributed by atoms with Crippen molar-refractivity contribution in [3.63, 3.8) is 0 Å². The van der Waals surface area contributed by atoms with Crippen molar-refractivity contribution in [1.29, 1.82) is 0 Å². The van der Waals surface area contributed by atoms with Crippen molar-refractivity contribution >= 4 is 18.6 Å². The predicted molar refractivity (Wildman–Crippen MR) is 39.6 cm³/mol. The lowest BCUT2D eigenvalue weighted by molar-refractivity contribution is -0.131. The van der Waals surface area contributed by atoms with E-state index in [1.807, 2.05) is 6.92 Å². The number of carboxylic acids is 1. The number of rotatable bonds is 3. The number of allylic oxidation sites excluding steroid dienone is 1. The summed E-state index contributed by atoms with van der Waals surface area (Å²) in [6.07, 6.45) is 3.34. The van der Waals surface area contributed by atoms with Crippen molar-refractivity contribution < 1.29 is 9.90 Å². The van der Waals surface area contributed by atoms with Gasteiger partial charge >= 0.3 is 5.97 Å². The molecule has 0 heterocycles. The summed E-state index contributed by atoms with van der Waals surface area (Å²) in [5.41, 5.74) is 0. The first-order chi connectivity index (χ1) is 4.18. The fraction of sp³-hybridized carbons (Fsp3) is 0.500. The second-order valence-electron chi connectivity index (χ2n) is 1.68. The van der Waals surface area contributed by atoms with Crippen molar-refractivity contribution in [2.75, 3.05) is 0 Å². The van der Waals surface area contributed by atoms with E-state index >= 15 is 0 Å². The summed E-state index contributed by atoms with van der Waals surface area (Å²) in [5.74, 6) is -0.952. The Morgan fingerprint density at radius 1 is 1.78 bits per heavy atom. The smallest absolute Gasteiger partial charge is 0.341 e. The maximum absolute atomic E-state index is 10.1. The normalized spacial score (nSPS) is 11.6. The second-order valence-corrected chi connectivity index (χ2v) is 2.16. The molecule has 0 aliphatic heterocycles. The number of aliphatic carboxylic acids is 1. The van der Waals surface area contributed by atoms with Crippen LogP contribution in [0.3, 0.4) is 0 Å². The minimum Gasteiger partial charge on any atom is -0.477 e. The Balaban J connectivity index is 3.69. The molecule has 0 aliphatic carbocycles. The average molecular weight is 146 g/mol. The molecule has 0 radical (unpaired) electrons. The second kappa shape index (κ2) is 4.44. The minimum atomic E-state index is -0.952. The van der Waals surface area contributed by atoms with Crippen molar-refractivity contribution in [2.24, 2.45) is 0 Å². The predicted octanol–water partition coefficient (Wildman–Crippen LogP) is 1.68. The van der Waals surface area contributed by atoms with Gasteiger partial charge in [-0.3, -0.25) is 0 Å². The lowest BCUT2D eigenvalue weighted by Gasteiger charge is -1.88. The summed E-state index contributed by atoms with van der Waals surface area (Å²) in [6, 6.07) is 0. The number of thiol groups is 1. The summed E-state index contributed by atoms with van der Waals surface area (Å²) in [7, 11) is 0. The molecule has 0 unspecified atom stereocenters. The summed E-state index contributed by atoms with van der Waals surface area (Å²) in [4.78, 5) is 10.2. The molecule has 0 bridgehead atoms. The van der Waals surface area contributed by atoms with E-state index in [0.29, 0.717) is 0 Å². The highest BCUT2D eigenvalue weighted by molar-refractivity contribution is 7.85. The highest BCUT2D eigenvalue weighted by Crippen LogP contribution is 2.02. The molecule has 0 rings (SSSR count). The van der Waals surface area contributed by atoms with Gasteiger partial charge in [0.2, 0.25) is 0 Å². The van der Waals surface area contributed by atoms with Crippen molar-refractivity contribution in [3.8, 4) is 0 Å². The number of carbonyl (C=O) groups is 1.